The van der Waals surface area contributed by atoms with Crippen molar-refractivity contribution in [3.05, 3.63) is 78.4 Å². The highest BCUT2D eigenvalue weighted by atomic mass is 32.1. The molecule has 0 radical (unpaired) electrons. The van der Waals surface area contributed by atoms with Crippen molar-refractivity contribution in [2.24, 2.45) is 0 Å². The minimum Gasteiger partial charge on any atom is -0.449 e. The summed E-state index contributed by atoms with van der Waals surface area (Å²) in [5, 5.41) is 3.24. The molecule has 0 fully saturated rings. The van der Waals surface area contributed by atoms with Gasteiger partial charge in [-0.2, -0.15) is 0 Å². The van der Waals surface area contributed by atoms with Gasteiger partial charge in [0.15, 0.2) is 11.2 Å². The van der Waals surface area contributed by atoms with E-state index in [1.165, 1.54) is 11.3 Å². The molecule has 5 rings (SSSR count). The van der Waals surface area contributed by atoms with Crippen molar-refractivity contribution in [2.45, 2.75) is 19.4 Å². The Kier molecular flexibility index (Phi) is 5.58. The molecule has 2 heterocycles. The lowest BCUT2D eigenvalue weighted by Crippen LogP contribution is -2.32. The van der Waals surface area contributed by atoms with Gasteiger partial charge in [-0.3, -0.25) is 10.1 Å². The van der Waals surface area contributed by atoms with Crippen LogP contribution in [0, 0.1) is 0 Å². The summed E-state index contributed by atoms with van der Waals surface area (Å²) in [5.74, 6) is -0.254. The van der Waals surface area contributed by atoms with Crippen LogP contribution in [0.25, 0.3) is 32.6 Å². The number of fused-ring (bicyclic) bond motifs is 2. The topological polar surface area (TPSA) is 97.0 Å². The van der Waals surface area contributed by atoms with Gasteiger partial charge in [-0.15, -0.1) is 0 Å². The quantitative estimate of drug-likeness (QED) is 0.333. The monoisotopic (exact) mass is 456 g/mol. The fourth-order valence-electron chi connectivity index (χ4n) is 3.50. The molecule has 1 amide bonds. The maximum absolute atomic E-state index is 12.8. The van der Waals surface area contributed by atoms with E-state index in [9.17, 15) is 9.59 Å². The zero-order valence-corrected chi connectivity index (χ0v) is 18.6. The Morgan fingerprint density at radius 1 is 1.00 bits per heavy atom. The number of aromatic nitrogens is 3. The average Bonchev–Trinajstić information content (AvgIpc) is 3.45. The molecule has 5 aromatic rings. The van der Waals surface area contributed by atoms with Crippen molar-refractivity contribution < 1.29 is 14.3 Å². The minimum atomic E-state index is -0.929. The summed E-state index contributed by atoms with van der Waals surface area (Å²) >= 11 is 1.38. The van der Waals surface area contributed by atoms with Crippen molar-refractivity contribution in [3.8, 4) is 11.4 Å². The van der Waals surface area contributed by atoms with E-state index >= 15 is 0 Å². The molecule has 8 heteroatoms. The Bertz CT molecular complexity index is 1430. The Balaban J connectivity index is 1.31. The van der Waals surface area contributed by atoms with Crippen molar-refractivity contribution in [1.82, 2.24) is 15.0 Å². The van der Waals surface area contributed by atoms with Gasteiger partial charge in [0.2, 0.25) is 0 Å². The molecule has 0 spiro atoms. The molecule has 33 heavy (non-hydrogen) atoms. The number of nitrogens with zero attached hydrogens (tertiary/aromatic N) is 2. The third-order valence-electron chi connectivity index (χ3n) is 5.20. The number of carbonyl (C=O) groups excluding carboxylic acids is 2. The molecular weight excluding hydrogens is 436 g/mol. The number of thiazole rings is 1. The normalized spacial score (nSPS) is 12.0. The Hall–Kier alpha value is -4.04. The van der Waals surface area contributed by atoms with Gasteiger partial charge in [-0.1, -0.05) is 60.7 Å². The number of aromatic amines is 1. The standard InChI is InChI=1S/C25H20N4O3S/c1-2-20(23(30)29-25-28-18-10-6-7-11-21(18)33-25)32-24(31)16-12-13-17-19(14-16)27-22(26-17)15-8-4-3-5-9-15/h3-14,20H,2H2,1H3,(H,26,27)(H,28,29,30). The summed E-state index contributed by atoms with van der Waals surface area (Å²) in [7, 11) is 0. The van der Waals surface area contributed by atoms with E-state index in [0.717, 1.165) is 32.6 Å². The number of para-hydroxylation sites is 1. The second kappa shape index (κ2) is 8.84. The van der Waals surface area contributed by atoms with E-state index in [1.54, 1.807) is 25.1 Å². The van der Waals surface area contributed by atoms with E-state index in [0.29, 0.717) is 17.1 Å². The number of imidazole rings is 1. The second-order valence-corrected chi connectivity index (χ2v) is 8.49. The average molecular weight is 457 g/mol. The third kappa shape index (κ3) is 4.33. The van der Waals surface area contributed by atoms with Gasteiger partial charge in [0.1, 0.15) is 5.82 Å². The number of anilines is 1. The molecule has 164 valence electrons. The van der Waals surface area contributed by atoms with Gasteiger partial charge in [0.25, 0.3) is 5.91 Å². The molecule has 7 nitrogen and oxygen atoms in total. The lowest BCUT2D eigenvalue weighted by Gasteiger charge is -2.15. The van der Waals surface area contributed by atoms with Crippen molar-refractivity contribution in [3.63, 3.8) is 0 Å². The van der Waals surface area contributed by atoms with Gasteiger partial charge in [0.05, 0.1) is 26.8 Å². The lowest BCUT2D eigenvalue weighted by atomic mass is 10.2. The number of ether oxygens (including phenoxy) is 1. The van der Waals surface area contributed by atoms with Crippen molar-refractivity contribution in [1.29, 1.82) is 0 Å². The maximum Gasteiger partial charge on any atom is 0.338 e. The number of rotatable bonds is 6. The number of esters is 1. The van der Waals surface area contributed by atoms with Crippen LogP contribution in [0.3, 0.4) is 0 Å². The number of H-pyrrole nitrogens is 1. The molecule has 0 saturated carbocycles. The zero-order valence-electron chi connectivity index (χ0n) is 17.7. The van der Waals surface area contributed by atoms with Gasteiger partial charge < -0.3 is 9.72 Å². The summed E-state index contributed by atoms with van der Waals surface area (Å²) in [4.78, 5) is 37.7. The van der Waals surface area contributed by atoms with Gasteiger partial charge >= 0.3 is 5.97 Å². The SMILES string of the molecule is CCC(OC(=O)c1ccc2nc(-c3ccccc3)[nH]c2c1)C(=O)Nc1nc2ccccc2s1. The van der Waals surface area contributed by atoms with Crippen LogP contribution in [0.5, 0.6) is 0 Å². The van der Waals surface area contributed by atoms with Crippen molar-refractivity contribution >= 4 is 49.6 Å². The Morgan fingerprint density at radius 3 is 2.58 bits per heavy atom. The van der Waals surface area contributed by atoms with E-state index in [2.05, 4.69) is 20.3 Å². The summed E-state index contributed by atoms with van der Waals surface area (Å²) in [6, 6.07) is 22.5. The molecule has 3 aromatic carbocycles. The summed E-state index contributed by atoms with van der Waals surface area (Å²) in [6.07, 6.45) is -0.589. The number of hydrogen-bond acceptors (Lipinski definition) is 6. The van der Waals surface area contributed by atoms with Crippen LogP contribution >= 0.6 is 11.3 Å². The third-order valence-corrected chi connectivity index (χ3v) is 6.15. The van der Waals surface area contributed by atoms with Crippen molar-refractivity contribution in [2.75, 3.05) is 5.32 Å². The van der Waals surface area contributed by atoms with Gasteiger partial charge in [-0.05, 0) is 36.8 Å². The van der Waals surface area contributed by atoms with Crippen LogP contribution in [0.15, 0.2) is 72.8 Å². The number of benzene rings is 3. The van der Waals surface area contributed by atoms with E-state index in [4.69, 9.17) is 4.74 Å². The second-order valence-electron chi connectivity index (χ2n) is 7.46. The predicted octanol–water partition coefficient (Wildman–Crippen LogP) is 5.41. The van der Waals surface area contributed by atoms with Crippen LogP contribution in [0.2, 0.25) is 0 Å². The minimum absolute atomic E-state index is 0.340. The first-order valence-corrected chi connectivity index (χ1v) is 11.3. The van der Waals surface area contributed by atoms with Crippen LogP contribution in [-0.2, 0) is 9.53 Å². The Labute approximate surface area is 193 Å². The predicted molar refractivity (Wildman–Crippen MR) is 129 cm³/mol. The van der Waals surface area contributed by atoms with Crippen LogP contribution in [0.1, 0.15) is 23.7 Å². The first kappa shape index (κ1) is 20.8. The smallest absolute Gasteiger partial charge is 0.338 e. The molecule has 0 aliphatic heterocycles. The highest BCUT2D eigenvalue weighted by Gasteiger charge is 2.23. The number of carbonyl (C=O) groups is 2. The molecule has 0 saturated heterocycles. The summed E-state index contributed by atoms with van der Waals surface area (Å²) in [5.41, 5.74) is 3.57. The molecule has 1 atom stereocenters. The molecule has 2 aromatic heterocycles. The van der Waals surface area contributed by atoms with E-state index in [1.807, 2.05) is 54.6 Å². The number of hydrogen-bond donors (Lipinski definition) is 2. The number of nitrogens with one attached hydrogen (secondary N) is 2. The highest BCUT2D eigenvalue weighted by Crippen LogP contribution is 2.26. The molecular formula is C25H20N4O3S. The van der Waals surface area contributed by atoms with Crippen LogP contribution in [0.4, 0.5) is 5.13 Å². The summed E-state index contributed by atoms with van der Waals surface area (Å²) < 4.78 is 6.50. The fraction of sp³-hybridized carbons (Fsp3) is 0.120. The Morgan fingerprint density at radius 2 is 1.79 bits per heavy atom. The first-order chi connectivity index (χ1) is 16.1. The van der Waals surface area contributed by atoms with Gasteiger partial charge in [0, 0.05) is 5.56 Å². The molecule has 0 bridgehead atoms. The first-order valence-electron chi connectivity index (χ1n) is 10.5. The molecule has 0 aliphatic rings. The zero-order chi connectivity index (χ0) is 22.8. The van der Waals surface area contributed by atoms with E-state index in [-0.39, 0.29) is 0 Å². The van der Waals surface area contributed by atoms with Gasteiger partial charge in [-0.25, -0.2) is 14.8 Å². The van der Waals surface area contributed by atoms with Crippen LogP contribution in [-0.4, -0.2) is 32.9 Å². The number of amides is 1. The molecule has 2 N–H and O–H groups in total. The lowest BCUT2D eigenvalue weighted by molar-refractivity contribution is -0.124. The fourth-order valence-corrected chi connectivity index (χ4v) is 4.37. The van der Waals surface area contributed by atoms with Crippen LogP contribution < -0.4 is 5.32 Å². The summed E-state index contributed by atoms with van der Waals surface area (Å²) in [6.45, 7) is 1.79. The molecule has 0 aliphatic carbocycles. The highest BCUT2D eigenvalue weighted by molar-refractivity contribution is 7.22. The molecule has 1 unspecified atom stereocenters. The van der Waals surface area contributed by atoms with E-state index < -0.39 is 18.0 Å². The largest absolute Gasteiger partial charge is 0.449 e. The maximum atomic E-state index is 12.8.